The fourth-order valence-corrected chi connectivity index (χ4v) is 4.80. The number of aromatic nitrogens is 1. The van der Waals surface area contributed by atoms with Gasteiger partial charge in [-0.3, -0.25) is 4.79 Å². The summed E-state index contributed by atoms with van der Waals surface area (Å²) in [5.41, 5.74) is 1.51. The van der Waals surface area contributed by atoms with Crippen molar-refractivity contribution in [3.63, 3.8) is 0 Å². The van der Waals surface area contributed by atoms with E-state index in [1.165, 1.54) is 11.4 Å². The van der Waals surface area contributed by atoms with E-state index in [9.17, 15) is 13.2 Å². The first-order valence-electron chi connectivity index (χ1n) is 8.84. The van der Waals surface area contributed by atoms with E-state index in [1.54, 1.807) is 24.4 Å². The Morgan fingerprint density at radius 3 is 2.50 bits per heavy atom. The minimum Gasteiger partial charge on any atom is -0.469 e. The number of carbonyl (C=O) groups excluding carboxylic acids is 1. The molecular formula is C19H22BrN3O4S. The van der Waals surface area contributed by atoms with Crippen LogP contribution < -0.4 is 4.90 Å². The lowest BCUT2D eigenvalue weighted by Gasteiger charge is -2.34. The van der Waals surface area contributed by atoms with Crippen LogP contribution in [0.2, 0.25) is 0 Å². The Morgan fingerprint density at radius 1 is 1.18 bits per heavy atom. The van der Waals surface area contributed by atoms with E-state index >= 15 is 0 Å². The van der Waals surface area contributed by atoms with Gasteiger partial charge in [0.25, 0.3) is 0 Å². The van der Waals surface area contributed by atoms with Crippen LogP contribution in [0.1, 0.15) is 11.1 Å². The molecule has 150 valence electrons. The van der Waals surface area contributed by atoms with Crippen LogP contribution in [0.15, 0.2) is 45.9 Å². The number of halogens is 1. The summed E-state index contributed by atoms with van der Waals surface area (Å²) in [6.07, 6.45) is 1.78. The number of methoxy groups -OCH3 is 1. The van der Waals surface area contributed by atoms with Crippen LogP contribution in [0.4, 0.5) is 5.82 Å². The van der Waals surface area contributed by atoms with Crippen molar-refractivity contribution in [1.82, 2.24) is 9.29 Å². The number of carbonyl (C=O) groups is 1. The molecular weight excluding hydrogens is 446 g/mol. The minimum atomic E-state index is -3.63. The first kappa shape index (κ1) is 20.8. The summed E-state index contributed by atoms with van der Waals surface area (Å²) in [7, 11) is -2.31. The molecule has 1 saturated heterocycles. The van der Waals surface area contributed by atoms with Gasteiger partial charge in [-0.1, -0.05) is 6.07 Å². The molecule has 0 N–H and O–H groups in total. The Labute approximate surface area is 173 Å². The fourth-order valence-electron chi connectivity index (χ4n) is 3.09. The molecule has 0 amide bonds. The number of ether oxygens (including phenoxy) is 1. The third kappa shape index (κ3) is 4.53. The predicted molar refractivity (Wildman–Crippen MR) is 110 cm³/mol. The molecule has 0 bridgehead atoms. The van der Waals surface area contributed by atoms with Gasteiger partial charge in [-0.2, -0.15) is 4.31 Å². The molecule has 0 atom stereocenters. The van der Waals surface area contributed by atoms with Crippen LogP contribution in [-0.4, -0.2) is 57.0 Å². The molecule has 0 unspecified atom stereocenters. The lowest BCUT2D eigenvalue weighted by atomic mass is 10.1. The highest BCUT2D eigenvalue weighted by Crippen LogP contribution is 2.23. The average Bonchev–Trinajstić information content (AvgIpc) is 2.70. The molecule has 1 aliphatic heterocycles. The first-order valence-corrected chi connectivity index (χ1v) is 11.1. The number of benzene rings is 1. The third-order valence-corrected chi connectivity index (χ3v) is 7.16. The number of nitrogens with zero attached hydrogens (tertiary/aromatic N) is 3. The Balaban J connectivity index is 1.74. The number of rotatable bonds is 5. The zero-order chi connectivity index (χ0) is 20.3. The van der Waals surface area contributed by atoms with Crippen LogP contribution in [0.25, 0.3) is 0 Å². The van der Waals surface area contributed by atoms with Gasteiger partial charge >= 0.3 is 5.97 Å². The van der Waals surface area contributed by atoms with E-state index in [-0.39, 0.29) is 11.3 Å². The smallest absolute Gasteiger partial charge is 0.309 e. The highest BCUT2D eigenvalue weighted by atomic mass is 79.9. The monoisotopic (exact) mass is 467 g/mol. The van der Waals surface area contributed by atoms with Crippen molar-refractivity contribution in [1.29, 1.82) is 0 Å². The molecule has 0 spiro atoms. The van der Waals surface area contributed by atoms with Crippen molar-refractivity contribution in [2.75, 3.05) is 38.2 Å². The fraction of sp³-hybridized carbons (Fsp3) is 0.368. The number of piperazine rings is 1. The third-order valence-electron chi connectivity index (χ3n) is 4.80. The maximum atomic E-state index is 13.1. The molecule has 9 heteroatoms. The summed E-state index contributed by atoms with van der Waals surface area (Å²) in [5, 5.41) is 0. The van der Waals surface area contributed by atoms with Crippen molar-refractivity contribution in [2.24, 2.45) is 0 Å². The van der Waals surface area contributed by atoms with Gasteiger partial charge in [-0.25, -0.2) is 13.4 Å². The van der Waals surface area contributed by atoms with E-state index < -0.39 is 16.0 Å². The van der Waals surface area contributed by atoms with Crippen LogP contribution >= 0.6 is 15.9 Å². The number of sulfonamides is 1. The summed E-state index contributed by atoms with van der Waals surface area (Å²) >= 11 is 3.36. The average molecular weight is 468 g/mol. The van der Waals surface area contributed by atoms with Gasteiger partial charge in [-0.05, 0) is 58.2 Å². The Morgan fingerprint density at radius 2 is 1.89 bits per heavy atom. The van der Waals surface area contributed by atoms with Gasteiger partial charge in [0.2, 0.25) is 10.0 Å². The van der Waals surface area contributed by atoms with E-state index in [0.717, 1.165) is 15.9 Å². The lowest BCUT2D eigenvalue weighted by molar-refractivity contribution is -0.139. The lowest BCUT2D eigenvalue weighted by Crippen LogP contribution is -2.48. The Hall–Kier alpha value is -1.97. The summed E-state index contributed by atoms with van der Waals surface area (Å²) in [6, 6.07) is 8.72. The van der Waals surface area contributed by atoms with Gasteiger partial charge in [0.05, 0.1) is 18.4 Å². The second-order valence-corrected chi connectivity index (χ2v) is 9.42. The van der Waals surface area contributed by atoms with E-state index in [1.807, 2.05) is 19.1 Å². The summed E-state index contributed by atoms with van der Waals surface area (Å²) < 4.78 is 33.2. The number of hydrogen-bond donors (Lipinski definition) is 0. The van der Waals surface area contributed by atoms with Crippen molar-refractivity contribution in [3.8, 4) is 0 Å². The van der Waals surface area contributed by atoms with Gasteiger partial charge in [-0.15, -0.1) is 0 Å². The molecule has 0 radical (unpaired) electrons. The number of hydrogen-bond acceptors (Lipinski definition) is 6. The van der Waals surface area contributed by atoms with Crippen molar-refractivity contribution < 1.29 is 17.9 Å². The van der Waals surface area contributed by atoms with Crippen LogP contribution in [0, 0.1) is 6.92 Å². The Bertz CT molecular complexity index is 956. The molecule has 0 saturated carbocycles. The number of pyridine rings is 1. The van der Waals surface area contributed by atoms with Crippen LogP contribution in [0.3, 0.4) is 0 Å². The number of aryl methyl sites for hydroxylation is 1. The molecule has 28 heavy (non-hydrogen) atoms. The van der Waals surface area contributed by atoms with Gasteiger partial charge < -0.3 is 9.64 Å². The number of esters is 1. The molecule has 1 aromatic heterocycles. The van der Waals surface area contributed by atoms with Gasteiger partial charge in [0.15, 0.2) is 0 Å². The molecule has 7 nitrogen and oxygen atoms in total. The molecule has 2 heterocycles. The Kier molecular flexibility index (Phi) is 6.36. The maximum Gasteiger partial charge on any atom is 0.309 e. The highest BCUT2D eigenvalue weighted by Gasteiger charge is 2.29. The zero-order valence-corrected chi connectivity index (χ0v) is 18.2. The van der Waals surface area contributed by atoms with E-state index in [0.29, 0.717) is 31.7 Å². The quantitative estimate of drug-likeness (QED) is 0.627. The number of anilines is 1. The molecule has 0 aliphatic carbocycles. The second-order valence-electron chi connectivity index (χ2n) is 6.57. The molecule has 2 aromatic rings. The molecule has 1 fully saturated rings. The summed E-state index contributed by atoms with van der Waals surface area (Å²) in [5.74, 6) is 0.434. The van der Waals surface area contributed by atoms with Gasteiger partial charge in [0, 0.05) is 36.8 Å². The summed E-state index contributed by atoms with van der Waals surface area (Å²) in [4.78, 5) is 18.2. The van der Waals surface area contributed by atoms with Crippen molar-refractivity contribution >= 4 is 37.7 Å². The second kappa shape index (κ2) is 8.59. The topological polar surface area (TPSA) is 79.8 Å². The normalized spacial score (nSPS) is 15.5. The molecule has 1 aliphatic rings. The van der Waals surface area contributed by atoms with E-state index in [4.69, 9.17) is 4.74 Å². The van der Waals surface area contributed by atoms with Gasteiger partial charge in [0.1, 0.15) is 5.82 Å². The largest absolute Gasteiger partial charge is 0.469 e. The van der Waals surface area contributed by atoms with Crippen molar-refractivity contribution in [3.05, 3.63) is 52.1 Å². The first-order chi connectivity index (χ1) is 13.3. The van der Waals surface area contributed by atoms with E-state index in [2.05, 4.69) is 25.8 Å². The zero-order valence-electron chi connectivity index (χ0n) is 15.8. The van der Waals surface area contributed by atoms with Crippen LogP contribution in [0.5, 0.6) is 0 Å². The summed E-state index contributed by atoms with van der Waals surface area (Å²) in [6.45, 7) is 3.72. The minimum absolute atomic E-state index is 0.0503. The predicted octanol–water partition coefficient (Wildman–Crippen LogP) is 2.38. The maximum absolute atomic E-state index is 13.1. The standard InChI is InChI=1S/C19H22BrN3O4S/c1-14-3-5-17(11-15(14)12-19(24)27-2)28(25,26)23-9-7-22(8-10-23)18-6-4-16(20)13-21-18/h3-6,11,13H,7-10,12H2,1-2H3. The molecule has 1 aromatic carbocycles. The van der Waals surface area contributed by atoms with Crippen LogP contribution in [-0.2, 0) is 26.0 Å². The van der Waals surface area contributed by atoms with Crippen molar-refractivity contribution in [2.45, 2.75) is 18.2 Å². The molecule has 3 rings (SSSR count). The SMILES string of the molecule is COC(=O)Cc1cc(S(=O)(=O)N2CCN(c3ccc(Br)cn3)CC2)ccc1C. The highest BCUT2D eigenvalue weighted by molar-refractivity contribution is 9.10.